The van der Waals surface area contributed by atoms with Crippen LogP contribution >= 0.6 is 0 Å². The first-order valence-electron chi connectivity index (χ1n) is 8.82. The van der Waals surface area contributed by atoms with Crippen molar-refractivity contribution in [2.75, 3.05) is 19.6 Å². The molecule has 0 aromatic heterocycles. The van der Waals surface area contributed by atoms with Gasteiger partial charge in [0.2, 0.25) is 0 Å². The summed E-state index contributed by atoms with van der Waals surface area (Å²) in [6.07, 6.45) is 10.9. The minimum absolute atomic E-state index is 0.000990. The number of hydrogen-bond acceptors (Lipinski definition) is 3. The van der Waals surface area contributed by atoms with E-state index in [1.54, 1.807) is 0 Å². The summed E-state index contributed by atoms with van der Waals surface area (Å²) in [6, 6.07) is 0.397. The highest BCUT2D eigenvalue weighted by Crippen LogP contribution is 2.54. The van der Waals surface area contributed by atoms with Crippen molar-refractivity contribution >= 4 is 0 Å². The molecule has 0 radical (unpaired) electrons. The van der Waals surface area contributed by atoms with Crippen molar-refractivity contribution in [1.29, 1.82) is 0 Å². The Labute approximate surface area is 123 Å². The molecule has 2 atom stereocenters. The molecule has 2 heterocycles. The van der Waals surface area contributed by atoms with Gasteiger partial charge in [-0.1, -0.05) is 19.8 Å². The monoisotopic (exact) mass is 280 g/mol. The Morgan fingerprint density at radius 3 is 2.55 bits per heavy atom. The van der Waals surface area contributed by atoms with Gasteiger partial charge in [0.05, 0.1) is 5.60 Å². The minimum Gasteiger partial charge on any atom is -0.388 e. The lowest BCUT2D eigenvalue weighted by Gasteiger charge is -2.51. The van der Waals surface area contributed by atoms with Crippen molar-refractivity contribution in [2.45, 2.75) is 76.4 Å². The number of nitrogens with zero attached hydrogens (tertiary/aromatic N) is 1. The van der Waals surface area contributed by atoms with Gasteiger partial charge >= 0.3 is 0 Å². The number of aliphatic hydroxyl groups is 1. The maximum Gasteiger partial charge on any atom is 0.0882 e. The van der Waals surface area contributed by atoms with Crippen LogP contribution in [0, 0.1) is 11.3 Å². The molecule has 2 saturated heterocycles. The van der Waals surface area contributed by atoms with E-state index in [0.717, 1.165) is 31.7 Å². The molecule has 3 N–H and O–H groups in total. The van der Waals surface area contributed by atoms with Gasteiger partial charge in [0.15, 0.2) is 0 Å². The molecular formula is C17H32N2O. The minimum atomic E-state index is -0.505. The quantitative estimate of drug-likeness (QED) is 0.832. The van der Waals surface area contributed by atoms with Crippen molar-refractivity contribution < 1.29 is 5.11 Å². The Morgan fingerprint density at radius 1 is 1.15 bits per heavy atom. The van der Waals surface area contributed by atoms with Gasteiger partial charge in [-0.05, 0) is 57.4 Å². The van der Waals surface area contributed by atoms with E-state index in [0.29, 0.717) is 12.6 Å². The van der Waals surface area contributed by atoms with E-state index in [-0.39, 0.29) is 5.41 Å². The number of nitrogens with two attached hydrogens (primary N) is 1. The molecule has 0 aromatic rings. The molecular weight excluding hydrogens is 248 g/mol. The van der Waals surface area contributed by atoms with Crippen molar-refractivity contribution in [3.05, 3.63) is 0 Å². The SMILES string of the molecule is CCCC1CCC(CN)(C2(O)CCN3CCCC32)CC1. The molecule has 116 valence electrons. The Hall–Kier alpha value is -0.120. The van der Waals surface area contributed by atoms with E-state index in [4.69, 9.17) is 5.73 Å². The van der Waals surface area contributed by atoms with Crippen LogP contribution in [-0.2, 0) is 0 Å². The van der Waals surface area contributed by atoms with Gasteiger partial charge in [-0.3, -0.25) is 4.90 Å². The van der Waals surface area contributed by atoms with Gasteiger partial charge < -0.3 is 10.8 Å². The summed E-state index contributed by atoms with van der Waals surface area (Å²) in [4.78, 5) is 2.52. The fourth-order valence-corrected chi connectivity index (χ4v) is 5.47. The normalized spacial score (nSPS) is 45.8. The predicted octanol–water partition coefficient (Wildman–Crippen LogP) is 2.52. The number of rotatable bonds is 4. The van der Waals surface area contributed by atoms with E-state index in [1.807, 2.05) is 0 Å². The Morgan fingerprint density at radius 2 is 1.90 bits per heavy atom. The van der Waals surface area contributed by atoms with Gasteiger partial charge in [0.25, 0.3) is 0 Å². The largest absolute Gasteiger partial charge is 0.388 e. The topological polar surface area (TPSA) is 49.5 Å². The summed E-state index contributed by atoms with van der Waals surface area (Å²) in [5.74, 6) is 0.879. The second-order valence-electron chi connectivity index (χ2n) is 7.58. The van der Waals surface area contributed by atoms with Crippen molar-refractivity contribution in [1.82, 2.24) is 4.90 Å². The summed E-state index contributed by atoms with van der Waals surface area (Å²) in [7, 11) is 0. The zero-order valence-electron chi connectivity index (χ0n) is 13.1. The molecule has 0 spiro atoms. The highest BCUT2D eigenvalue weighted by Gasteiger charge is 2.59. The lowest BCUT2D eigenvalue weighted by molar-refractivity contribution is -0.119. The zero-order valence-corrected chi connectivity index (χ0v) is 13.1. The Kier molecular flexibility index (Phi) is 4.13. The molecule has 2 aliphatic heterocycles. The van der Waals surface area contributed by atoms with Crippen molar-refractivity contribution in [2.24, 2.45) is 17.1 Å². The summed E-state index contributed by atoms with van der Waals surface area (Å²) in [6.45, 7) is 5.23. The third-order valence-corrected chi connectivity index (χ3v) is 6.76. The lowest BCUT2D eigenvalue weighted by atomic mass is 9.58. The Balaban J connectivity index is 1.76. The van der Waals surface area contributed by atoms with Gasteiger partial charge in [0.1, 0.15) is 0 Å². The summed E-state index contributed by atoms with van der Waals surface area (Å²) < 4.78 is 0. The number of fused-ring (bicyclic) bond motifs is 1. The van der Waals surface area contributed by atoms with Crippen LogP contribution in [0.4, 0.5) is 0 Å². The van der Waals surface area contributed by atoms with E-state index in [9.17, 15) is 5.11 Å². The molecule has 2 unspecified atom stereocenters. The molecule has 1 aliphatic carbocycles. The van der Waals surface area contributed by atoms with Crippen molar-refractivity contribution in [3.8, 4) is 0 Å². The molecule has 3 fully saturated rings. The first kappa shape index (κ1) is 14.8. The first-order chi connectivity index (χ1) is 9.65. The van der Waals surface area contributed by atoms with Crippen LogP contribution in [0.1, 0.15) is 64.7 Å². The standard InChI is InChI=1S/C17H32N2O/c1-2-4-14-6-8-16(13-18,9-7-14)17(20)10-12-19-11-3-5-15(17)19/h14-15,20H,2-13,18H2,1H3. The van der Waals surface area contributed by atoms with Gasteiger partial charge in [-0.15, -0.1) is 0 Å². The first-order valence-corrected chi connectivity index (χ1v) is 8.82. The third-order valence-electron chi connectivity index (χ3n) is 6.76. The van der Waals surface area contributed by atoms with Gasteiger partial charge in [-0.25, -0.2) is 0 Å². The second-order valence-corrected chi connectivity index (χ2v) is 7.58. The predicted molar refractivity (Wildman–Crippen MR) is 82.5 cm³/mol. The van der Waals surface area contributed by atoms with Crippen LogP contribution in [-0.4, -0.2) is 41.3 Å². The molecule has 1 saturated carbocycles. The molecule has 3 nitrogen and oxygen atoms in total. The van der Waals surface area contributed by atoms with Crippen LogP contribution in [0.3, 0.4) is 0 Å². The van der Waals surface area contributed by atoms with Gasteiger partial charge in [0, 0.05) is 24.5 Å². The smallest absolute Gasteiger partial charge is 0.0882 e. The molecule has 3 aliphatic rings. The average molecular weight is 280 g/mol. The summed E-state index contributed by atoms with van der Waals surface area (Å²) >= 11 is 0. The zero-order chi connectivity index (χ0) is 14.2. The van der Waals surface area contributed by atoms with E-state index < -0.39 is 5.60 Å². The summed E-state index contributed by atoms with van der Waals surface area (Å²) in [5, 5.41) is 11.5. The van der Waals surface area contributed by atoms with E-state index in [2.05, 4.69) is 11.8 Å². The Bertz CT molecular complexity index is 338. The number of hydrogen-bond donors (Lipinski definition) is 2. The van der Waals surface area contributed by atoms with Gasteiger partial charge in [-0.2, -0.15) is 0 Å². The van der Waals surface area contributed by atoms with E-state index in [1.165, 1.54) is 45.1 Å². The maximum absolute atomic E-state index is 11.5. The fourth-order valence-electron chi connectivity index (χ4n) is 5.47. The molecule has 3 rings (SSSR count). The van der Waals surface area contributed by atoms with Crippen LogP contribution < -0.4 is 5.73 Å². The van der Waals surface area contributed by atoms with Crippen LogP contribution in [0.5, 0.6) is 0 Å². The second kappa shape index (κ2) is 5.58. The summed E-state index contributed by atoms with van der Waals surface area (Å²) in [5.41, 5.74) is 5.72. The molecule has 0 aromatic carbocycles. The highest BCUT2D eigenvalue weighted by molar-refractivity contribution is 5.13. The van der Waals surface area contributed by atoms with Crippen molar-refractivity contribution in [3.63, 3.8) is 0 Å². The van der Waals surface area contributed by atoms with Crippen LogP contribution in [0.15, 0.2) is 0 Å². The maximum atomic E-state index is 11.5. The van der Waals surface area contributed by atoms with Crippen LogP contribution in [0.25, 0.3) is 0 Å². The van der Waals surface area contributed by atoms with Crippen LogP contribution in [0.2, 0.25) is 0 Å². The molecule has 0 bridgehead atoms. The molecule has 0 amide bonds. The average Bonchev–Trinajstić information content (AvgIpc) is 3.05. The highest BCUT2D eigenvalue weighted by atomic mass is 16.3. The fraction of sp³-hybridized carbons (Fsp3) is 1.00. The molecule has 20 heavy (non-hydrogen) atoms. The molecule has 3 heteroatoms. The van der Waals surface area contributed by atoms with E-state index >= 15 is 0 Å². The third kappa shape index (κ3) is 2.13. The lowest BCUT2D eigenvalue weighted by Crippen LogP contribution is -2.59.